The number of hydrogen-bond donors (Lipinski definition) is 0. The SMILES string of the molecule is C[C@@H]1CCN=N1. The predicted octanol–water partition coefficient (Wildman–Crippen LogP) is 1.23. The minimum absolute atomic E-state index is 0.505. The molecule has 0 aliphatic carbocycles. The number of nitrogens with zero attached hydrogens (tertiary/aromatic N) is 2. The van der Waals surface area contributed by atoms with Gasteiger partial charge in [-0.05, 0) is 13.3 Å². The molecule has 0 N–H and O–H groups in total. The first kappa shape index (κ1) is 3.78. The molecule has 0 aromatic heterocycles. The van der Waals surface area contributed by atoms with Gasteiger partial charge in [-0.1, -0.05) is 0 Å². The van der Waals surface area contributed by atoms with Crippen molar-refractivity contribution in [2.45, 2.75) is 19.4 Å². The third-order valence-electron chi connectivity index (χ3n) is 0.926. The maximum Gasteiger partial charge on any atom is 0.0698 e. The molecule has 0 amide bonds. The summed E-state index contributed by atoms with van der Waals surface area (Å²) in [6.45, 7) is 3.03. The van der Waals surface area contributed by atoms with Gasteiger partial charge in [0.1, 0.15) is 0 Å². The van der Waals surface area contributed by atoms with E-state index in [2.05, 4.69) is 17.2 Å². The van der Waals surface area contributed by atoms with Crippen LogP contribution in [0.5, 0.6) is 0 Å². The lowest BCUT2D eigenvalue weighted by Gasteiger charge is -1.85. The molecule has 0 spiro atoms. The Morgan fingerprint density at radius 3 is 2.67 bits per heavy atom. The van der Waals surface area contributed by atoms with Crippen LogP contribution in [0.1, 0.15) is 13.3 Å². The summed E-state index contributed by atoms with van der Waals surface area (Å²) in [6.07, 6.45) is 1.15. The van der Waals surface area contributed by atoms with Gasteiger partial charge >= 0.3 is 0 Å². The van der Waals surface area contributed by atoms with Crippen LogP contribution in [0.15, 0.2) is 10.2 Å². The lowest BCUT2D eigenvalue weighted by molar-refractivity contribution is 0.758. The molecular weight excluding hydrogens is 76.1 g/mol. The van der Waals surface area contributed by atoms with Gasteiger partial charge in [-0.2, -0.15) is 10.2 Å². The number of azo groups is 1. The standard InChI is InChI=1S/C4H8N2/c1-4-2-3-5-6-4/h4H,2-3H2,1H3/t4-/m1/s1. The van der Waals surface area contributed by atoms with E-state index in [9.17, 15) is 0 Å². The lowest BCUT2D eigenvalue weighted by atomic mass is 10.3. The van der Waals surface area contributed by atoms with Gasteiger partial charge in [0.15, 0.2) is 0 Å². The Morgan fingerprint density at radius 2 is 2.50 bits per heavy atom. The minimum Gasteiger partial charge on any atom is -0.194 e. The van der Waals surface area contributed by atoms with Gasteiger partial charge in [-0.25, -0.2) is 0 Å². The molecule has 2 nitrogen and oxygen atoms in total. The van der Waals surface area contributed by atoms with Crippen LogP contribution in [0.25, 0.3) is 0 Å². The third kappa shape index (κ3) is 0.559. The van der Waals surface area contributed by atoms with Crippen LogP contribution in [0.2, 0.25) is 0 Å². The zero-order valence-electron chi connectivity index (χ0n) is 3.89. The average molecular weight is 84.1 g/mol. The van der Waals surface area contributed by atoms with Crippen LogP contribution in [0.3, 0.4) is 0 Å². The van der Waals surface area contributed by atoms with E-state index in [-0.39, 0.29) is 0 Å². The van der Waals surface area contributed by atoms with Gasteiger partial charge < -0.3 is 0 Å². The largest absolute Gasteiger partial charge is 0.194 e. The van der Waals surface area contributed by atoms with Crippen LogP contribution in [0, 0.1) is 0 Å². The van der Waals surface area contributed by atoms with Crippen molar-refractivity contribution in [3.8, 4) is 0 Å². The molecule has 0 fully saturated rings. The average Bonchev–Trinajstić information content (AvgIpc) is 1.86. The molecule has 0 saturated heterocycles. The Labute approximate surface area is 37.3 Å². The smallest absolute Gasteiger partial charge is 0.0698 e. The van der Waals surface area contributed by atoms with Gasteiger partial charge in [-0.15, -0.1) is 0 Å². The van der Waals surface area contributed by atoms with E-state index in [4.69, 9.17) is 0 Å². The van der Waals surface area contributed by atoms with Crippen molar-refractivity contribution < 1.29 is 0 Å². The summed E-state index contributed by atoms with van der Waals surface area (Å²) in [4.78, 5) is 0. The maximum absolute atomic E-state index is 3.86. The normalized spacial score (nSPS) is 31.8. The van der Waals surface area contributed by atoms with Crippen LogP contribution < -0.4 is 0 Å². The van der Waals surface area contributed by atoms with Gasteiger partial charge in [0.25, 0.3) is 0 Å². The van der Waals surface area contributed by atoms with E-state index in [1.807, 2.05) is 0 Å². The first-order chi connectivity index (χ1) is 2.89. The Bertz CT molecular complexity index is 67.9. The molecule has 34 valence electrons. The van der Waals surface area contributed by atoms with E-state index < -0.39 is 0 Å². The Balaban J connectivity index is 2.38. The van der Waals surface area contributed by atoms with Gasteiger partial charge in [-0.3, -0.25) is 0 Å². The van der Waals surface area contributed by atoms with Gasteiger partial charge in [0.05, 0.1) is 12.6 Å². The summed E-state index contributed by atoms with van der Waals surface area (Å²) in [5.41, 5.74) is 0. The highest BCUT2D eigenvalue weighted by molar-refractivity contribution is 4.63. The Kier molecular flexibility index (Phi) is 0.862. The summed E-state index contributed by atoms with van der Waals surface area (Å²) >= 11 is 0. The summed E-state index contributed by atoms with van der Waals surface area (Å²) in [5.74, 6) is 0. The van der Waals surface area contributed by atoms with Crippen molar-refractivity contribution in [3.63, 3.8) is 0 Å². The molecule has 1 aliphatic heterocycles. The second-order valence-corrected chi connectivity index (χ2v) is 1.62. The van der Waals surface area contributed by atoms with E-state index in [0.717, 1.165) is 13.0 Å². The molecule has 1 heterocycles. The van der Waals surface area contributed by atoms with Gasteiger partial charge in [0.2, 0.25) is 0 Å². The number of rotatable bonds is 0. The van der Waals surface area contributed by atoms with Crippen molar-refractivity contribution in [1.29, 1.82) is 0 Å². The monoisotopic (exact) mass is 84.1 g/mol. The first-order valence-electron chi connectivity index (χ1n) is 2.26. The van der Waals surface area contributed by atoms with E-state index in [1.54, 1.807) is 0 Å². The summed E-state index contributed by atoms with van der Waals surface area (Å²) in [5, 5.41) is 7.65. The quantitative estimate of drug-likeness (QED) is 0.421. The zero-order chi connectivity index (χ0) is 4.41. The van der Waals surface area contributed by atoms with Gasteiger partial charge in [0, 0.05) is 0 Å². The van der Waals surface area contributed by atoms with Crippen molar-refractivity contribution >= 4 is 0 Å². The highest BCUT2D eigenvalue weighted by Gasteiger charge is 2.01. The second-order valence-electron chi connectivity index (χ2n) is 1.62. The summed E-state index contributed by atoms with van der Waals surface area (Å²) in [7, 11) is 0. The maximum atomic E-state index is 3.86. The molecule has 6 heavy (non-hydrogen) atoms. The molecule has 0 unspecified atom stereocenters. The lowest BCUT2D eigenvalue weighted by Crippen LogP contribution is -1.88. The molecular formula is C4H8N2. The topological polar surface area (TPSA) is 24.7 Å². The van der Waals surface area contributed by atoms with Crippen molar-refractivity contribution in [2.24, 2.45) is 10.2 Å². The molecule has 1 rings (SSSR count). The van der Waals surface area contributed by atoms with Crippen LogP contribution >= 0.6 is 0 Å². The van der Waals surface area contributed by atoms with E-state index >= 15 is 0 Å². The van der Waals surface area contributed by atoms with Crippen molar-refractivity contribution in [1.82, 2.24) is 0 Å². The fraction of sp³-hybridized carbons (Fsp3) is 1.00. The van der Waals surface area contributed by atoms with Crippen LogP contribution in [0.4, 0.5) is 0 Å². The molecule has 0 bridgehead atoms. The summed E-state index contributed by atoms with van der Waals surface area (Å²) < 4.78 is 0. The third-order valence-corrected chi connectivity index (χ3v) is 0.926. The fourth-order valence-corrected chi connectivity index (χ4v) is 0.499. The molecule has 0 aromatic rings. The second kappa shape index (κ2) is 1.37. The fourth-order valence-electron chi connectivity index (χ4n) is 0.499. The highest BCUT2D eigenvalue weighted by atomic mass is 15.1. The van der Waals surface area contributed by atoms with Crippen molar-refractivity contribution in [3.05, 3.63) is 0 Å². The van der Waals surface area contributed by atoms with Crippen molar-refractivity contribution in [2.75, 3.05) is 6.54 Å². The molecule has 2 heteroatoms. The summed E-state index contributed by atoms with van der Waals surface area (Å²) in [6, 6.07) is 0.505. The van der Waals surface area contributed by atoms with E-state index in [0.29, 0.717) is 6.04 Å². The van der Waals surface area contributed by atoms with E-state index in [1.165, 1.54) is 0 Å². The molecule has 1 atom stereocenters. The Morgan fingerprint density at radius 1 is 1.67 bits per heavy atom. The molecule has 0 saturated carbocycles. The highest BCUT2D eigenvalue weighted by Crippen LogP contribution is 2.04. The first-order valence-corrected chi connectivity index (χ1v) is 2.26. The molecule has 0 aromatic carbocycles. The zero-order valence-corrected chi connectivity index (χ0v) is 3.89. The number of hydrogen-bond acceptors (Lipinski definition) is 2. The minimum atomic E-state index is 0.505. The molecule has 0 radical (unpaired) electrons. The van der Waals surface area contributed by atoms with Crippen LogP contribution in [-0.2, 0) is 0 Å². The Hall–Kier alpha value is -0.400. The predicted molar refractivity (Wildman–Crippen MR) is 23.8 cm³/mol. The molecule has 1 aliphatic rings. The van der Waals surface area contributed by atoms with Crippen LogP contribution in [-0.4, -0.2) is 12.6 Å².